The zero-order valence-electron chi connectivity index (χ0n) is 15.5. The van der Waals surface area contributed by atoms with Crippen molar-refractivity contribution in [2.24, 2.45) is 0 Å². The van der Waals surface area contributed by atoms with Crippen molar-refractivity contribution >= 4 is 17.7 Å². The Bertz CT molecular complexity index is 908. The molecule has 0 spiro atoms. The van der Waals surface area contributed by atoms with Gasteiger partial charge in [-0.2, -0.15) is 5.26 Å². The minimum Gasteiger partial charge on any atom is -0.486 e. The summed E-state index contributed by atoms with van der Waals surface area (Å²) < 4.78 is 11.5. The summed E-state index contributed by atoms with van der Waals surface area (Å²) >= 11 is 1.27. The summed E-state index contributed by atoms with van der Waals surface area (Å²) in [6.45, 7) is 6.51. The van der Waals surface area contributed by atoms with Crippen molar-refractivity contribution in [1.29, 1.82) is 5.26 Å². The lowest BCUT2D eigenvalue weighted by Gasteiger charge is -2.26. The molecule has 2 heterocycles. The Morgan fingerprint density at radius 3 is 2.78 bits per heavy atom. The van der Waals surface area contributed by atoms with E-state index >= 15 is 0 Å². The summed E-state index contributed by atoms with van der Waals surface area (Å²) in [4.78, 5) is 16.7. The van der Waals surface area contributed by atoms with Crippen LogP contribution in [-0.2, 0) is 4.79 Å². The molecule has 0 fully saturated rings. The lowest BCUT2D eigenvalue weighted by atomic mass is 10.1. The minimum atomic E-state index is -0.231. The minimum absolute atomic E-state index is 0.135. The molecule has 1 aliphatic heterocycles. The third-order valence-corrected chi connectivity index (χ3v) is 5.48. The summed E-state index contributed by atoms with van der Waals surface area (Å²) in [5, 5.41) is 12.9. The molecule has 6 nitrogen and oxygen atoms in total. The van der Waals surface area contributed by atoms with Gasteiger partial charge in [0.2, 0.25) is 5.91 Å². The van der Waals surface area contributed by atoms with Crippen molar-refractivity contribution in [3.8, 4) is 17.6 Å². The van der Waals surface area contributed by atoms with Crippen molar-refractivity contribution in [1.82, 2.24) is 10.3 Å². The van der Waals surface area contributed by atoms with Crippen LogP contribution < -0.4 is 14.8 Å². The van der Waals surface area contributed by atoms with E-state index in [1.165, 1.54) is 11.8 Å². The van der Waals surface area contributed by atoms with Crippen LogP contribution in [0.3, 0.4) is 0 Å². The fraction of sp³-hybridized carbons (Fsp3) is 0.350. The van der Waals surface area contributed by atoms with Gasteiger partial charge in [-0.1, -0.05) is 23.9 Å². The first kappa shape index (κ1) is 19.1. The largest absolute Gasteiger partial charge is 0.486 e. The van der Waals surface area contributed by atoms with Gasteiger partial charge >= 0.3 is 0 Å². The summed E-state index contributed by atoms with van der Waals surface area (Å²) in [6.07, 6.45) is -0.231. The van der Waals surface area contributed by atoms with Gasteiger partial charge in [-0.15, -0.1) is 0 Å². The smallest absolute Gasteiger partial charge is 0.230 e. The van der Waals surface area contributed by atoms with Crippen LogP contribution in [0.25, 0.3) is 0 Å². The highest BCUT2D eigenvalue weighted by Gasteiger charge is 2.21. The maximum absolute atomic E-state index is 12.2. The van der Waals surface area contributed by atoms with Crippen LogP contribution in [0.4, 0.5) is 0 Å². The monoisotopic (exact) mass is 383 g/mol. The molecule has 1 aromatic carbocycles. The molecule has 3 rings (SSSR count). The number of nitrogens with zero attached hydrogens (tertiary/aromatic N) is 2. The average molecular weight is 383 g/mol. The molecule has 0 radical (unpaired) electrons. The van der Waals surface area contributed by atoms with Crippen molar-refractivity contribution in [2.45, 2.75) is 31.9 Å². The third kappa shape index (κ3) is 4.34. The van der Waals surface area contributed by atoms with Gasteiger partial charge in [0, 0.05) is 5.69 Å². The van der Waals surface area contributed by atoms with Crippen LogP contribution >= 0.6 is 11.8 Å². The maximum atomic E-state index is 12.2. The van der Waals surface area contributed by atoms with E-state index in [4.69, 9.17) is 9.47 Å². The van der Waals surface area contributed by atoms with Crippen molar-refractivity contribution in [3.63, 3.8) is 0 Å². The Labute approximate surface area is 162 Å². The second-order valence-corrected chi connectivity index (χ2v) is 7.29. The van der Waals surface area contributed by atoms with E-state index in [0.29, 0.717) is 29.5 Å². The van der Waals surface area contributed by atoms with Crippen molar-refractivity contribution in [3.05, 3.63) is 46.6 Å². The van der Waals surface area contributed by atoms with Crippen molar-refractivity contribution < 1.29 is 14.3 Å². The van der Waals surface area contributed by atoms with Gasteiger partial charge in [-0.3, -0.25) is 4.79 Å². The van der Waals surface area contributed by atoms with E-state index in [0.717, 1.165) is 22.6 Å². The fourth-order valence-corrected chi connectivity index (χ4v) is 3.64. The third-order valence-electron chi connectivity index (χ3n) is 4.51. The van der Waals surface area contributed by atoms with Crippen LogP contribution in [-0.4, -0.2) is 35.9 Å². The van der Waals surface area contributed by atoms with Gasteiger partial charge in [0.25, 0.3) is 0 Å². The van der Waals surface area contributed by atoms with E-state index < -0.39 is 0 Å². The number of nitriles is 1. The van der Waals surface area contributed by atoms with Crippen LogP contribution in [0, 0.1) is 32.1 Å². The Hall–Kier alpha value is -2.72. The van der Waals surface area contributed by atoms with E-state index in [1.807, 2.05) is 45.0 Å². The number of carbonyl (C=O) groups excluding carboxylic acids is 1. The molecule has 1 atom stereocenters. The zero-order chi connectivity index (χ0) is 19.4. The number of fused-ring (bicyclic) bond motifs is 1. The summed E-state index contributed by atoms with van der Waals surface area (Å²) in [5.41, 5.74) is 3.34. The van der Waals surface area contributed by atoms with Gasteiger partial charge < -0.3 is 14.8 Å². The number of amides is 1. The molecule has 1 aliphatic rings. The summed E-state index contributed by atoms with van der Waals surface area (Å²) in [7, 11) is 0. The molecule has 0 unspecified atom stereocenters. The first-order chi connectivity index (χ1) is 13.0. The van der Waals surface area contributed by atoms with Crippen LogP contribution in [0.2, 0.25) is 0 Å². The molecule has 0 aliphatic carbocycles. The molecule has 1 aromatic heterocycles. The molecule has 1 amide bonds. The lowest BCUT2D eigenvalue weighted by molar-refractivity contribution is -0.119. The number of ether oxygens (including phenoxy) is 2. The molecule has 2 aromatic rings. The van der Waals surface area contributed by atoms with Crippen LogP contribution in [0.1, 0.15) is 22.4 Å². The number of pyridine rings is 1. The highest BCUT2D eigenvalue weighted by atomic mass is 32.2. The number of benzene rings is 1. The molecular formula is C20H21N3O3S. The van der Waals surface area contributed by atoms with Crippen LogP contribution in [0.15, 0.2) is 29.3 Å². The summed E-state index contributed by atoms with van der Waals surface area (Å²) in [5.74, 6) is 1.46. The average Bonchev–Trinajstić information content (AvgIpc) is 2.68. The van der Waals surface area contributed by atoms with Crippen LogP contribution in [0.5, 0.6) is 11.5 Å². The second kappa shape index (κ2) is 8.31. The Kier molecular flexibility index (Phi) is 5.87. The Balaban J connectivity index is 1.53. The molecular weight excluding hydrogens is 362 g/mol. The number of nitrogens with one attached hydrogen (secondary N) is 1. The Morgan fingerprint density at radius 1 is 1.30 bits per heavy atom. The number of aryl methyl sites for hydroxylation is 1. The number of thioether (sulfide) groups is 1. The number of rotatable bonds is 5. The van der Waals surface area contributed by atoms with Crippen molar-refractivity contribution in [2.75, 3.05) is 18.9 Å². The summed E-state index contributed by atoms with van der Waals surface area (Å²) in [6, 6.07) is 9.66. The number of hydrogen-bond donors (Lipinski definition) is 1. The first-order valence-electron chi connectivity index (χ1n) is 8.65. The highest BCUT2D eigenvalue weighted by Crippen LogP contribution is 2.30. The number of hydrogen-bond acceptors (Lipinski definition) is 6. The molecule has 7 heteroatoms. The van der Waals surface area contributed by atoms with Gasteiger partial charge in [-0.05, 0) is 44.0 Å². The number of aromatic nitrogens is 1. The van der Waals surface area contributed by atoms with E-state index in [9.17, 15) is 10.1 Å². The molecule has 1 N–H and O–H groups in total. The van der Waals surface area contributed by atoms with E-state index in [1.54, 1.807) is 0 Å². The molecule has 0 bridgehead atoms. The highest BCUT2D eigenvalue weighted by molar-refractivity contribution is 8.00. The molecule has 0 saturated carbocycles. The van der Waals surface area contributed by atoms with Gasteiger partial charge in [0.05, 0.1) is 17.9 Å². The number of carbonyl (C=O) groups is 1. The lowest BCUT2D eigenvalue weighted by Crippen LogP contribution is -2.41. The van der Waals surface area contributed by atoms with E-state index in [2.05, 4.69) is 16.4 Å². The Morgan fingerprint density at radius 2 is 2.04 bits per heavy atom. The molecule has 0 saturated heterocycles. The predicted octanol–water partition coefficient (Wildman–Crippen LogP) is 2.93. The van der Waals surface area contributed by atoms with Gasteiger partial charge in [0.1, 0.15) is 23.8 Å². The fourth-order valence-electron chi connectivity index (χ4n) is 2.72. The zero-order valence-corrected chi connectivity index (χ0v) is 16.4. The predicted molar refractivity (Wildman–Crippen MR) is 103 cm³/mol. The normalized spacial score (nSPS) is 15.1. The topological polar surface area (TPSA) is 84.2 Å². The molecule has 140 valence electrons. The van der Waals surface area contributed by atoms with Gasteiger partial charge in [-0.25, -0.2) is 4.98 Å². The first-order valence-corrected chi connectivity index (χ1v) is 9.64. The number of para-hydroxylation sites is 2. The maximum Gasteiger partial charge on any atom is 0.230 e. The second-order valence-electron chi connectivity index (χ2n) is 6.33. The SMILES string of the molecule is Cc1nc(SCC(=O)NC[C@@H]2COc3ccccc3O2)c(C#N)c(C)c1C. The van der Waals surface area contributed by atoms with Gasteiger partial charge in [0.15, 0.2) is 11.5 Å². The van der Waals surface area contributed by atoms with E-state index in [-0.39, 0.29) is 17.8 Å². The quantitative estimate of drug-likeness (QED) is 0.799. The molecule has 27 heavy (non-hydrogen) atoms. The standard InChI is InChI=1S/C20H21N3O3S/c1-12-13(2)16(8-21)20(23-14(12)3)27-11-19(24)22-9-15-10-25-17-6-4-5-7-18(17)26-15/h4-7,15H,9-11H2,1-3H3,(H,22,24)/t15-/m1/s1.